The number of benzene rings is 4. The molecule has 3 N–H and O–H groups in total. The summed E-state index contributed by atoms with van der Waals surface area (Å²) in [4.78, 5) is 15.0. The number of aliphatic hydroxyl groups is 3. The summed E-state index contributed by atoms with van der Waals surface area (Å²) in [7, 11) is 0. The Labute approximate surface area is 311 Å². The molecule has 0 bridgehead atoms. The fraction of sp³-hybridized carbons (Fsp3) is 0.273. The van der Waals surface area contributed by atoms with Crippen molar-refractivity contribution in [2.24, 2.45) is 0 Å². The van der Waals surface area contributed by atoms with Crippen LogP contribution in [0.1, 0.15) is 19.3 Å². The molecule has 12 heteroatoms. The maximum absolute atomic E-state index is 8.90. The molecule has 0 saturated carbocycles. The first kappa shape index (κ1) is 37.9. The van der Waals surface area contributed by atoms with Gasteiger partial charge in [-0.15, -0.1) is 48.8 Å². The first-order valence-corrected chi connectivity index (χ1v) is 21.5. The van der Waals surface area contributed by atoms with Crippen molar-refractivity contribution in [3.63, 3.8) is 0 Å². The van der Waals surface area contributed by atoms with E-state index in [9.17, 15) is 0 Å². The van der Waals surface area contributed by atoms with Crippen molar-refractivity contribution >= 4 is 112 Å². The van der Waals surface area contributed by atoms with Crippen LogP contribution in [-0.4, -0.2) is 52.0 Å². The van der Waals surface area contributed by atoms with Crippen LogP contribution in [0.3, 0.4) is 0 Å². The monoisotopic (exact) mass is 814 g/mol. The molecule has 0 atom stereocenters. The zero-order chi connectivity index (χ0) is 32.0. The predicted octanol–water partition coefficient (Wildman–Crippen LogP) is 10.9. The molecule has 0 saturated heterocycles. The standard InChI is InChI=1S/C18H20O2S4.C12H8S4.C3H7BrO/c19-7-1-9-21-13-3-5-15-17(11-13)23-16-6-4-14(12-18(16)24-15)22-10-2-8-20;13-7-1-3-9-11(5-7)16-10-4-2-8(14)6-12(10)15-9;4-2-1-3-5/h3-6,11-12,19-20H,1-2,7-10H2;1-6,13-14H;5H,1-3H2. The van der Waals surface area contributed by atoms with Crippen LogP contribution in [0.2, 0.25) is 0 Å². The van der Waals surface area contributed by atoms with Gasteiger partial charge < -0.3 is 15.3 Å². The van der Waals surface area contributed by atoms with Crippen molar-refractivity contribution in [2.75, 3.05) is 36.7 Å². The SMILES string of the molecule is OCCCBr.OCCCSc1ccc2c(c1)Sc1ccc(SCCCO)cc1S2.Sc1ccc2c(c1)Sc1ccc(S)cc1S2. The lowest BCUT2D eigenvalue weighted by atomic mass is 10.3. The molecule has 2 aliphatic rings. The van der Waals surface area contributed by atoms with Gasteiger partial charge in [0.1, 0.15) is 0 Å². The number of fused-ring (bicyclic) bond motifs is 4. The Kier molecular flexibility index (Phi) is 17.3. The van der Waals surface area contributed by atoms with Crippen molar-refractivity contribution in [2.45, 2.75) is 78.0 Å². The average Bonchev–Trinajstić information content (AvgIpc) is 3.04. The summed E-state index contributed by atoms with van der Waals surface area (Å²) in [6.07, 6.45) is 2.53. The second kappa shape index (κ2) is 20.5. The molecule has 0 amide bonds. The highest BCUT2D eigenvalue weighted by atomic mass is 79.9. The topological polar surface area (TPSA) is 60.7 Å². The van der Waals surface area contributed by atoms with Gasteiger partial charge in [0.2, 0.25) is 0 Å². The molecular weight excluding hydrogens is 781 g/mol. The van der Waals surface area contributed by atoms with Gasteiger partial charge in [0.05, 0.1) is 0 Å². The lowest BCUT2D eigenvalue weighted by Crippen LogP contribution is -1.92. The second-order valence-corrected chi connectivity index (χ2v) is 18.0. The molecule has 6 rings (SSSR count). The van der Waals surface area contributed by atoms with E-state index in [2.05, 4.69) is 102 Å². The van der Waals surface area contributed by atoms with Gasteiger partial charge in [-0.3, -0.25) is 0 Å². The predicted molar refractivity (Wildman–Crippen MR) is 207 cm³/mol. The Morgan fingerprint density at radius 3 is 1.18 bits per heavy atom. The normalized spacial score (nSPS) is 12.4. The molecule has 4 aromatic carbocycles. The molecule has 45 heavy (non-hydrogen) atoms. The van der Waals surface area contributed by atoms with Crippen LogP contribution in [0.25, 0.3) is 0 Å². The maximum atomic E-state index is 8.90. The molecule has 0 unspecified atom stereocenters. The summed E-state index contributed by atoms with van der Waals surface area (Å²) >= 11 is 22.8. The summed E-state index contributed by atoms with van der Waals surface area (Å²) < 4.78 is 0. The summed E-state index contributed by atoms with van der Waals surface area (Å²) in [5.74, 6) is 1.91. The van der Waals surface area contributed by atoms with Gasteiger partial charge in [-0.1, -0.05) is 63.0 Å². The van der Waals surface area contributed by atoms with Crippen LogP contribution in [0, 0.1) is 0 Å². The van der Waals surface area contributed by atoms with Gasteiger partial charge >= 0.3 is 0 Å². The van der Waals surface area contributed by atoms with E-state index in [0.29, 0.717) is 6.61 Å². The Balaban J connectivity index is 0.000000188. The van der Waals surface area contributed by atoms with Crippen LogP contribution in [0.15, 0.2) is 132 Å². The molecule has 0 fully saturated rings. The van der Waals surface area contributed by atoms with E-state index in [1.165, 1.54) is 49.0 Å². The second-order valence-electron chi connectivity index (χ2n) is 9.50. The minimum absolute atomic E-state index is 0.258. The van der Waals surface area contributed by atoms with Gasteiger partial charge in [-0.2, -0.15) is 0 Å². The molecule has 3 nitrogen and oxygen atoms in total. The van der Waals surface area contributed by atoms with E-state index in [1.807, 2.05) is 35.7 Å². The van der Waals surface area contributed by atoms with Crippen LogP contribution in [0.5, 0.6) is 0 Å². The van der Waals surface area contributed by atoms with E-state index in [-0.39, 0.29) is 13.2 Å². The minimum atomic E-state index is 0.258. The Morgan fingerprint density at radius 1 is 0.489 bits per heavy atom. The largest absolute Gasteiger partial charge is 0.396 e. The van der Waals surface area contributed by atoms with Gasteiger partial charge in [0.25, 0.3) is 0 Å². The van der Waals surface area contributed by atoms with E-state index in [0.717, 1.165) is 45.9 Å². The number of alkyl halides is 1. The zero-order valence-electron chi connectivity index (χ0n) is 24.4. The molecule has 0 aliphatic carbocycles. The van der Waals surface area contributed by atoms with E-state index in [4.69, 9.17) is 15.3 Å². The maximum Gasteiger partial charge on any atom is 0.0439 e. The van der Waals surface area contributed by atoms with Crippen LogP contribution in [0.4, 0.5) is 0 Å². The molecule has 0 radical (unpaired) electrons. The number of halogens is 1. The van der Waals surface area contributed by atoms with Crippen molar-refractivity contribution in [3.05, 3.63) is 72.8 Å². The number of hydrogen-bond acceptors (Lipinski definition) is 11. The van der Waals surface area contributed by atoms with Crippen LogP contribution in [-0.2, 0) is 0 Å². The Bertz CT molecular complexity index is 1430. The Hall–Kier alpha value is 0.0400. The summed E-state index contributed by atoms with van der Waals surface area (Å²) in [5, 5.41) is 26.7. The van der Waals surface area contributed by atoms with E-state index < -0.39 is 0 Å². The molecule has 0 spiro atoms. The first-order valence-electron chi connectivity index (χ1n) is 14.2. The van der Waals surface area contributed by atoms with Gasteiger partial charge in [-0.25, -0.2) is 0 Å². The Morgan fingerprint density at radius 2 is 0.844 bits per heavy atom. The van der Waals surface area contributed by atoms with Gasteiger partial charge in [0, 0.05) is 95.4 Å². The number of hydrogen-bond donors (Lipinski definition) is 5. The summed E-state index contributed by atoms with van der Waals surface area (Å²) in [6.45, 7) is 0.814. The van der Waals surface area contributed by atoms with E-state index >= 15 is 0 Å². The highest BCUT2D eigenvalue weighted by molar-refractivity contribution is 9.09. The molecule has 2 heterocycles. The smallest absolute Gasteiger partial charge is 0.0439 e. The van der Waals surface area contributed by atoms with Crippen LogP contribution < -0.4 is 0 Å². The highest BCUT2D eigenvalue weighted by Crippen LogP contribution is 2.51. The van der Waals surface area contributed by atoms with Crippen molar-refractivity contribution in [1.82, 2.24) is 0 Å². The highest BCUT2D eigenvalue weighted by Gasteiger charge is 2.19. The minimum Gasteiger partial charge on any atom is -0.396 e. The summed E-state index contributed by atoms with van der Waals surface area (Å²) in [6, 6.07) is 25.9. The third-order valence-corrected chi connectivity index (χ3v) is 14.3. The molecular formula is C33H35BrO3S8. The molecule has 0 aromatic heterocycles. The first-order chi connectivity index (χ1) is 21.9. The third kappa shape index (κ3) is 12.1. The van der Waals surface area contributed by atoms with Gasteiger partial charge in [0.15, 0.2) is 0 Å². The molecule has 4 aromatic rings. The lowest BCUT2D eigenvalue weighted by Gasteiger charge is -2.19. The number of aliphatic hydroxyl groups excluding tert-OH is 3. The molecule has 2 aliphatic heterocycles. The fourth-order valence-electron chi connectivity index (χ4n) is 3.85. The van der Waals surface area contributed by atoms with Crippen LogP contribution >= 0.6 is 112 Å². The third-order valence-electron chi connectivity index (χ3n) is 6.00. The fourth-order valence-corrected chi connectivity index (χ4v) is 11.1. The average molecular weight is 816 g/mol. The van der Waals surface area contributed by atoms with Crippen molar-refractivity contribution in [3.8, 4) is 0 Å². The lowest BCUT2D eigenvalue weighted by molar-refractivity contribution is 0.296. The number of thiol groups is 2. The molecule has 240 valence electrons. The van der Waals surface area contributed by atoms with Gasteiger partial charge in [-0.05, 0) is 92.1 Å². The summed E-state index contributed by atoms with van der Waals surface area (Å²) in [5.41, 5.74) is 0. The quantitative estimate of drug-likeness (QED) is 0.0403. The van der Waals surface area contributed by atoms with Crippen molar-refractivity contribution < 1.29 is 15.3 Å². The number of thioether (sulfide) groups is 2. The number of rotatable bonds is 10. The zero-order valence-corrected chi connectivity index (χ0v) is 32.6. The van der Waals surface area contributed by atoms with E-state index in [1.54, 1.807) is 47.0 Å². The van der Waals surface area contributed by atoms with Crippen molar-refractivity contribution in [1.29, 1.82) is 0 Å².